The van der Waals surface area contributed by atoms with E-state index < -0.39 is 0 Å². The van der Waals surface area contributed by atoms with Gasteiger partial charge >= 0.3 is 0 Å². The van der Waals surface area contributed by atoms with Crippen molar-refractivity contribution in [1.82, 2.24) is 4.90 Å². The number of likely N-dealkylation sites (tertiary alicyclic amines) is 1. The minimum atomic E-state index is 0.0136. The molecule has 0 N–H and O–H groups in total. The highest BCUT2D eigenvalue weighted by Gasteiger charge is 2.25. The number of aryl methyl sites for hydroxylation is 1. The molecule has 0 aliphatic carbocycles. The molecule has 5 heteroatoms. The summed E-state index contributed by atoms with van der Waals surface area (Å²) in [6.45, 7) is 3.43. The Kier molecular flexibility index (Phi) is 5.66. The highest BCUT2D eigenvalue weighted by Crippen LogP contribution is 2.28. The molecule has 1 aliphatic rings. The molecule has 0 atom stereocenters. The fourth-order valence-corrected chi connectivity index (χ4v) is 3.14. The maximum absolute atomic E-state index is 12.8. The molecule has 5 nitrogen and oxygen atoms in total. The summed E-state index contributed by atoms with van der Waals surface area (Å²) < 4.78 is 16.6. The zero-order chi connectivity index (χ0) is 18.5. The predicted octanol–water partition coefficient (Wildman–Crippen LogP) is 3.70. The lowest BCUT2D eigenvalue weighted by Gasteiger charge is -2.32. The van der Waals surface area contributed by atoms with Crippen molar-refractivity contribution in [2.24, 2.45) is 0 Å². The summed E-state index contributed by atoms with van der Waals surface area (Å²) in [7, 11) is 3.15. The third kappa shape index (κ3) is 4.10. The maximum Gasteiger partial charge on any atom is 0.253 e. The van der Waals surface area contributed by atoms with Crippen LogP contribution in [0.4, 0.5) is 0 Å². The minimum absolute atomic E-state index is 0.0136. The number of carbonyl (C=O) groups is 1. The van der Waals surface area contributed by atoms with Gasteiger partial charge in [-0.3, -0.25) is 4.79 Å². The van der Waals surface area contributed by atoms with E-state index >= 15 is 0 Å². The van der Waals surface area contributed by atoms with Gasteiger partial charge in [0.1, 0.15) is 11.9 Å². The van der Waals surface area contributed by atoms with Crippen molar-refractivity contribution in [2.75, 3.05) is 27.3 Å². The molecule has 2 aromatic carbocycles. The van der Waals surface area contributed by atoms with Gasteiger partial charge in [-0.25, -0.2) is 0 Å². The number of hydrogen-bond donors (Lipinski definition) is 0. The number of piperidine rings is 1. The van der Waals surface area contributed by atoms with Crippen molar-refractivity contribution in [2.45, 2.75) is 25.9 Å². The molecule has 2 aromatic rings. The zero-order valence-corrected chi connectivity index (χ0v) is 15.5. The first-order valence-corrected chi connectivity index (χ1v) is 8.85. The van der Waals surface area contributed by atoms with Crippen molar-refractivity contribution >= 4 is 5.91 Å². The lowest BCUT2D eigenvalue weighted by Crippen LogP contribution is -2.41. The normalized spacial score (nSPS) is 14.8. The molecule has 26 heavy (non-hydrogen) atoms. The molecule has 1 amide bonds. The average Bonchev–Trinajstić information content (AvgIpc) is 2.69. The van der Waals surface area contributed by atoms with Crippen LogP contribution in [-0.2, 0) is 0 Å². The highest BCUT2D eigenvalue weighted by atomic mass is 16.5. The molecule has 0 spiro atoms. The van der Waals surface area contributed by atoms with Gasteiger partial charge in [0.05, 0.1) is 14.2 Å². The molecular formula is C21H25NO4. The van der Waals surface area contributed by atoms with Gasteiger partial charge in [0.15, 0.2) is 11.5 Å². The van der Waals surface area contributed by atoms with Crippen LogP contribution < -0.4 is 14.2 Å². The minimum Gasteiger partial charge on any atom is -0.493 e. The predicted molar refractivity (Wildman–Crippen MR) is 100 cm³/mol. The number of ether oxygens (including phenoxy) is 3. The van der Waals surface area contributed by atoms with Gasteiger partial charge in [-0.2, -0.15) is 0 Å². The Morgan fingerprint density at radius 2 is 1.62 bits per heavy atom. The van der Waals surface area contributed by atoms with Gasteiger partial charge < -0.3 is 19.1 Å². The molecule has 0 bridgehead atoms. The SMILES string of the molecule is COc1ccc(C(=O)N2CCC(Oc3ccc(C)cc3)CC2)cc1OC. The number of nitrogens with zero attached hydrogens (tertiary/aromatic N) is 1. The number of hydrogen-bond acceptors (Lipinski definition) is 4. The van der Waals surface area contributed by atoms with E-state index in [1.165, 1.54) is 5.56 Å². The molecule has 138 valence electrons. The van der Waals surface area contributed by atoms with Crippen LogP contribution in [0.15, 0.2) is 42.5 Å². The van der Waals surface area contributed by atoms with E-state index in [1.807, 2.05) is 29.2 Å². The second kappa shape index (κ2) is 8.13. The Morgan fingerprint density at radius 1 is 0.962 bits per heavy atom. The van der Waals surface area contributed by atoms with Crippen LogP contribution in [0.5, 0.6) is 17.2 Å². The molecule has 0 aromatic heterocycles. The number of methoxy groups -OCH3 is 2. The molecule has 1 heterocycles. The van der Waals surface area contributed by atoms with E-state index in [1.54, 1.807) is 32.4 Å². The second-order valence-electron chi connectivity index (χ2n) is 6.49. The van der Waals surface area contributed by atoms with E-state index in [4.69, 9.17) is 14.2 Å². The van der Waals surface area contributed by atoms with Crippen molar-refractivity contribution in [3.8, 4) is 17.2 Å². The fourth-order valence-electron chi connectivity index (χ4n) is 3.14. The molecule has 3 rings (SSSR count). The molecule has 1 aliphatic heterocycles. The van der Waals surface area contributed by atoms with Crippen molar-refractivity contribution < 1.29 is 19.0 Å². The fraction of sp³-hybridized carbons (Fsp3) is 0.381. The van der Waals surface area contributed by atoms with E-state index in [0.717, 1.165) is 18.6 Å². The van der Waals surface area contributed by atoms with Crippen LogP contribution in [0.2, 0.25) is 0 Å². The van der Waals surface area contributed by atoms with E-state index in [9.17, 15) is 4.79 Å². The van der Waals surface area contributed by atoms with Gasteiger partial charge in [-0.1, -0.05) is 17.7 Å². The Morgan fingerprint density at radius 3 is 2.23 bits per heavy atom. The first kappa shape index (κ1) is 18.1. The lowest BCUT2D eigenvalue weighted by atomic mass is 10.1. The highest BCUT2D eigenvalue weighted by molar-refractivity contribution is 5.95. The summed E-state index contributed by atoms with van der Waals surface area (Å²) in [6.07, 6.45) is 1.80. The quantitative estimate of drug-likeness (QED) is 0.821. The van der Waals surface area contributed by atoms with Crippen LogP contribution in [0.25, 0.3) is 0 Å². The molecule has 1 fully saturated rings. The van der Waals surface area contributed by atoms with Gasteiger partial charge in [-0.15, -0.1) is 0 Å². The first-order chi connectivity index (χ1) is 12.6. The number of benzene rings is 2. The van der Waals surface area contributed by atoms with Crippen molar-refractivity contribution in [3.05, 3.63) is 53.6 Å². The Hall–Kier alpha value is -2.69. The average molecular weight is 355 g/mol. The number of carbonyl (C=O) groups excluding carboxylic acids is 1. The largest absolute Gasteiger partial charge is 0.493 e. The molecule has 1 saturated heterocycles. The van der Waals surface area contributed by atoms with Crippen LogP contribution >= 0.6 is 0 Å². The number of rotatable bonds is 5. The third-order valence-corrected chi connectivity index (χ3v) is 4.68. The van der Waals surface area contributed by atoms with Gasteiger partial charge in [0.2, 0.25) is 0 Å². The van der Waals surface area contributed by atoms with Crippen LogP contribution in [0.3, 0.4) is 0 Å². The standard InChI is InChI=1S/C21H25NO4/c1-15-4-7-17(8-5-15)26-18-10-12-22(13-11-18)21(23)16-6-9-19(24-2)20(14-16)25-3/h4-9,14,18H,10-13H2,1-3H3. The second-order valence-corrected chi connectivity index (χ2v) is 6.49. The summed E-state index contributed by atoms with van der Waals surface area (Å²) in [4.78, 5) is 14.6. The topological polar surface area (TPSA) is 48.0 Å². The van der Waals surface area contributed by atoms with Crippen LogP contribution in [0, 0.1) is 6.92 Å². The number of amides is 1. The first-order valence-electron chi connectivity index (χ1n) is 8.85. The van der Waals surface area contributed by atoms with Gasteiger partial charge in [0, 0.05) is 31.5 Å². The Labute approximate surface area is 154 Å². The van der Waals surface area contributed by atoms with Crippen molar-refractivity contribution in [3.63, 3.8) is 0 Å². The molecule has 0 unspecified atom stereocenters. The third-order valence-electron chi connectivity index (χ3n) is 4.68. The summed E-state index contributed by atoms with van der Waals surface area (Å²) in [5, 5.41) is 0. The Bertz CT molecular complexity index is 749. The van der Waals surface area contributed by atoms with Crippen molar-refractivity contribution in [1.29, 1.82) is 0 Å². The van der Waals surface area contributed by atoms with Crippen LogP contribution in [-0.4, -0.2) is 44.2 Å². The zero-order valence-electron chi connectivity index (χ0n) is 15.5. The summed E-state index contributed by atoms with van der Waals surface area (Å²) >= 11 is 0. The molecule has 0 saturated carbocycles. The monoisotopic (exact) mass is 355 g/mol. The summed E-state index contributed by atoms with van der Waals surface area (Å²) in [5.74, 6) is 2.09. The maximum atomic E-state index is 12.8. The van der Waals surface area contributed by atoms with Gasteiger partial charge in [0.25, 0.3) is 5.91 Å². The summed E-state index contributed by atoms with van der Waals surface area (Å²) in [6, 6.07) is 13.4. The molecule has 0 radical (unpaired) electrons. The van der Waals surface area contributed by atoms with Gasteiger partial charge in [-0.05, 0) is 37.3 Å². The van der Waals surface area contributed by atoms with E-state index in [0.29, 0.717) is 30.2 Å². The van der Waals surface area contributed by atoms with E-state index in [-0.39, 0.29) is 12.0 Å². The summed E-state index contributed by atoms with van der Waals surface area (Å²) in [5.41, 5.74) is 1.83. The lowest BCUT2D eigenvalue weighted by molar-refractivity contribution is 0.0595. The van der Waals surface area contributed by atoms with Crippen LogP contribution in [0.1, 0.15) is 28.8 Å². The van der Waals surface area contributed by atoms with E-state index in [2.05, 4.69) is 6.92 Å². The molecular weight excluding hydrogens is 330 g/mol. The smallest absolute Gasteiger partial charge is 0.253 e. The Balaban J connectivity index is 1.59.